The summed E-state index contributed by atoms with van der Waals surface area (Å²) >= 11 is 0. The molecule has 6 heteroatoms. The summed E-state index contributed by atoms with van der Waals surface area (Å²) in [5, 5.41) is 7.07. The molecule has 1 rings (SSSR count). The van der Waals surface area contributed by atoms with Crippen LogP contribution >= 0.6 is 0 Å². The third kappa shape index (κ3) is 3.20. The molecule has 6 nitrogen and oxygen atoms in total. The van der Waals surface area contributed by atoms with Gasteiger partial charge in [-0.3, -0.25) is 0 Å². The van der Waals surface area contributed by atoms with Crippen molar-refractivity contribution in [2.24, 2.45) is 16.1 Å². The largest absolute Gasteiger partial charge is 0.0625 e. The molecule has 0 aliphatic rings. The van der Waals surface area contributed by atoms with Crippen LogP contribution in [-0.4, -0.2) is 0 Å². The van der Waals surface area contributed by atoms with E-state index in [1.165, 1.54) is 0 Å². The maximum absolute atomic E-state index is 8.45. The zero-order valence-corrected chi connectivity index (χ0v) is 9.20. The highest BCUT2D eigenvalue weighted by molar-refractivity contribution is 5.55. The highest BCUT2D eigenvalue weighted by Crippen LogP contribution is 2.27. The summed E-state index contributed by atoms with van der Waals surface area (Å²) in [6.07, 6.45) is 0.824. The minimum absolute atomic E-state index is 0.456. The summed E-state index contributed by atoms with van der Waals surface area (Å²) in [6, 6.07) is 5.14. The summed E-state index contributed by atoms with van der Waals surface area (Å²) in [4.78, 5) is 5.45. The van der Waals surface area contributed by atoms with Crippen molar-refractivity contribution in [3.05, 3.63) is 44.6 Å². The molecular weight excluding hydrogens is 204 g/mol. The maximum Gasteiger partial charge on any atom is 0.0412 e. The summed E-state index contributed by atoms with van der Waals surface area (Å²) < 4.78 is 0. The van der Waals surface area contributed by atoms with Gasteiger partial charge in [-0.25, -0.2) is 0 Å². The lowest BCUT2D eigenvalue weighted by Gasteiger charge is -2.08. The standard InChI is InChI=1S/C10H12N6/c1-7(2)5-8-3-4-9(13-15-11)6-10(8)14-16-12/h3-4,6-7H,5H2,1-2H3. The lowest BCUT2D eigenvalue weighted by atomic mass is 10.0. The van der Waals surface area contributed by atoms with Gasteiger partial charge in [-0.05, 0) is 35.0 Å². The summed E-state index contributed by atoms with van der Waals surface area (Å²) in [5.74, 6) is 0.470. The van der Waals surface area contributed by atoms with Gasteiger partial charge >= 0.3 is 0 Å². The third-order valence-corrected chi connectivity index (χ3v) is 2.01. The van der Waals surface area contributed by atoms with Crippen LogP contribution < -0.4 is 0 Å². The van der Waals surface area contributed by atoms with Gasteiger partial charge in [-0.2, -0.15) is 0 Å². The zero-order valence-electron chi connectivity index (χ0n) is 9.20. The maximum atomic E-state index is 8.45. The van der Waals surface area contributed by atoms with E-state index in [2.05, 4.69) is 33.9 Å². The fourth-order valence-electron chi connectivity index (χ4n) is 1.42. The molecule has 0 amide bonds. The topological polar surface area (TPSA) is 97.5 Å². The van der Waals surface area contributed by atoms with Crippen molar-refractivity contribution in [3.8, 4) is 0 Å². The Morgan fingerprint density at radius 3 is 2.44 bits per heavy atom. The first kappa shape index (κ1) is 11.9. The van der Waals surface area contributed by atoms with E-state index < -0.39 is 0 Å². The Morgan fingerprint density at radius 2 is 1.88 bits per heavy atom. The molecule has 0 aliphatic carbocycles. The Balaban J connectivity index is 3.18. The Hall–Kier alpha value is -2.16. The van der Waals surface area contributed by atoms with E-state index >= 15 is 0 Å². The molecule has 0 spiro atoms. The van der Waals surface area contributed by atoms with Gasteiger partial charge < -0.3 is 0 Å². The van der Waals surface area contributed by atoms with E-state index in [4.69, 9.17) is 11.1 Å². The van der Waals surface area contributed by atoms with Crippen molar-refractivity contribution in [2.75, 3.05) is 0 Å². The monoisotopic (exact) mass is 216 g/mol. The minimum Gasteiger partial charge on any atom is -0.0625 e. The van der Waals surface area contributed by atoms with Crippen LogP contribution in [0.2, 0.25) is 0 Å². The Labute approximate surface area is 93.2 Å². The van der Waals surface area contributed by atoms with Gasteiger partial charge in [0.1, 0.15) is 0 Å². The molecule has 0 heterocycles. The Morgan fingerprint density at radius 1 is 1.19 bits per heavy atom. The van der Waals surface area contributed by atoms with Crippen LogP contribution in [-0.2, 0) is 6.42 Å². The molecule has 1 aromatic carbocycles. The van der Waals surface area contributed by atoms with Crippen LogP contribution in [0.3, 0.4) is 0 Å². The highest BCUT2D eigenvalue weighted by atomic mass is 15.1. The number of azide groups is 2. The molecular formula is C10H12N6. The minimum atomic E-state index is 0.456. The normalized spacial score (nSPS) is 9.44. The molecule has 1 aromatic rings. The second-order valence-corrected chi connectivity index (χ2v) is 3.79. The van der Waals surface area contributed by atoms with Crippen LogP contribution in [0.25, 0.3) is 20.9 Å². The Kier molecular flexibility index (Phi) is 4.21. The third-order valence-electron chi connectivity index (χ3n) is 2.01. The second-order valence-electron chi connectivity index (χ2n) is 3.79. The molecule has 0 radical (unpaired) electrons. The summed E-state index contributed by atoms with van der Waals surface area (Å²) in [7, 11) is 0. The van der Waals surface area contributed by atoms with Crippen molar-refractivity contribution in [2.45, 2.75) is 20.3 Å². The number of hydrogen-bond acceptors (Lipinski definition) is 2. The van der Waals surface area contributed by atoms with Gasteiger partial charge in [0, 0.05) is 21.2 Å². The predicted octanol–water partition coefficient (Wildman–Crippen LogP) is 4.77. The average Bonchev–Trinajstić information content (AvgIpc) is 2.22. The summed E-state index contributed by atoms with van der Waals surface area (Å²) in [6.45, 7) is 4.17. The molecule has 82 valence electrons. The van der Waals surface area contributed by atoms with Crippen LogP contribution in [0.5, 0.6) is 0 Å². The molecule has 0 N–H and O–H groups in total. The molecule has 0 atom stereocenters. The predicted molar refractivity (Wildman–Crippen MR) is 62.6 cm³/mol. The van der Waals surface area contributed by atoms with E-state index in [1.807, 2.05) is 6.07 Å². The van der Waals surface area contributed by atoms with E-state index in [0.717, 1.165) is 12.0 Å². The molecule has 0 bridgehead atoms. The van der Waals surface area contributed by atoms with Gasteiger partial charge in [0.2, 0.25) is 0 Å². The van der Waals surface area contributed by atoms with Crippen LogP contribution in [0.15, 0.2) is 28.4 Å². The molecule has 16 heavy (non-hydrogen) atoms. The van der Waals surface area contributed by atoms with Crippen molar-refractivity contribution in [1.29, 1.82) is 0 Å². The number of hydrogen-bond donors (Lipinski definition) is 0. The van der Waals surface area contributed by atoms with Gasteiger partial charge in [-0.15, -0.1) is 0 Å². The first-order valence-corrected chi connectivity index (χ1v) is 4.90. The van der Waals surface area contributed by atoms with E-state index in [9.17, 15) is 0 Å². The zero-order chi connectivity index (χ0) is 12.0. The van der Waals surface area contributed by atoms with Gasteiger partial charge in [0.15, 0.2) is 0 Å². The van der Waals surface area contributed by atoms with Gasteiger partial charge in [-0.1, -0.05) is 36.2 Å². The smallest absolute Gasteiger partial charge is 0.0412 e. The van der Waals surface area contributed by atoms with Crippen LogP contribution in [0.1, 0.15) is 19.4 Å². The number of rotatable bonds is 4. The van der Waals surface area contributed by atoms with E-state index in [-0.39, 0.29) is 0 Å². The highest BCUT2D eigenvalue weighted by Gasteiger charge is 2.04. The first-order chi connectivity index (χ1) is 7.67. The summed E-state index contributed by atoms with van der Waals surface area (Å²) in [5.41, 5.74) is 18.7. The molecule has 0 saturated carbocycles. The quantitative estimate of drug-likeness (QED) is 0.393. The lowest BCUT2D eigenvalue weighted by Crippen LogP contribution is -1.93. The number of nitrogens with zero attached hydrogens (tertiary/aromatic N) is 6. The fourth-order valence-corrected chi connectivity index (χ4v) is 1.42. The second kappa shape index (κ2) is 5.66. The average molecular weight is 216 g/mol. The van der Waals surface area contributed by atoms with Crippen LogP contribution in [0, 0.1) is 5.92 Å². The van der Waals surface area contributed by atoms with Crippen molar-refractivity contribution >= 4 is 11.4 Å². The molecule has 0 saturated heterocycles. The molecule has 0 fully saturated rings. The van der Waals surface area contributed by atoms with Crippen molar-refractivity contribution in [3.63, 3.8) is 0 Å². The van der Waals surface area contributed by atoms with E-state index in [0.29, 0.717) is 17.3 Å². The van der Waals surface area contributed by atoms with Crippen LogP contribution in [0.4, 0.5) is 11.4 Å². The van der Waals surface area contributed by atoms with Gasteiger partial charge in [0.25, 0.3) is 0 Å². The number of benzene rings is 1. The SMILES string of the molecule is CC(C)Cc1ccc(N=[N+]=[N-])cc1N=[N+]=[N-]. The molecule has 0 aliphatic heterocycles. The molecule has 0 unspecified atom stereocenters. The fraction of sp³-hybridized carbons (Fsp3) is 0.400. The lowest BCUT2D eigenvalue weighted by molar-refractivity contribution is 0.648. The van der Waals surface area contributed by atoms with Crippen molar-refractivity contribution in [1.82, 2.24) is 0 Å². The van der Waals surface area contributed by atoms with E-state index in [1.54, 1.807) is 12.1 Å². The Bertz CT molecular complexity index is 466. The van der Waals surface area contributed by atoms with Gasteiger partial charge in [0.05, 0.1) is 0 Å². The van der Waals surface area contributed by atoms with Crippen molar-refractivity contribution < 1.29 is 0 Å². The molecule has 0 aromatic heterocycles. The first-order valence-electron chi connectivity index (χ1n) is 4.90.